The molecule has 1 aromatic carbocycles. The maximum atomic E-state index is 11.5. The van der Waals surface area contributed by atoms with Crippen LogP contribution < -0.4 is 14.8 Å². The second-order valence-corrected chi connectivity index (χ2v) is 4.04. The lowest BCUT2D eigenvalue weighted by molar-refractivity contribution is 0.230. The van der Waals surface area contributed by atoms with E-state index in [0.29, 0.717) is 24.7 Å². The van der Waals surface area contributed by atoms with Crippen molar-refractivity contribution in [1.82, 2.24) is 4.90 Å². The summed E-state index contributed by atoms with van der Waals surface area (Å²) in [4.78, 5) is 13.0. The summed E-state index contributed by atoms with van der Waals surface area (Å²) in [7, 11) is 3.39. The van der Waals surface area contributed by atoms with Crippen LogP contribution in [0.5, 0.6) is 11.5 Å². The molecule has 0 saturated carbocycles. The summed E-state index contributed by atoms with van der Waals surface area (Å²) in [6.07, 6.45) is 0.869. The van der Waals surface area contributed by atoms with Crippen LogP contribution in [0.15, 0.2) is 18.2 Å². The maximum Gasteiger partial charge on any atom is 0.321 e. The molecule has 5 heteroatoms. The van der Waals surface area contributed by atoms with Gasteiger partial charge in [0, 0.05) is 32.3 Å². The summed E-state index contributed by atoms with van der Waals surface area (Å²) >= 11 is 0. The van der Waals surface area contributed by atoms with Gasteiger partial charge in [-0.2, -0.15) is 0 Å². The molecule has 2 amide bonds. The van der Waals surface area contributed by atoms with E-state index >= 15 is 0 Å². The highest BCUT2D eigenvalue weighted by atomic mass is 16.5. The van der Waals surface area contributed by atoms with Crippen molar-refractivity contribution in [3.05, 3.63) is 18.2 Å². The van der Waals surface area contributed by atoms with Crippen LogP contribution in [-0.2, 0) is 0 Å². The van der Waals surface area contributed by atoms with Gasteiger partial charge in [0.15, 0.2) is 11.5 Å². The first kappa shape index (κ1) is 11.6. The Morgan fingerprint density at radius 1 is 1.24 bits per heavy atom. The van der Waals surface area contributed by atoms with Gasteiger partial charge in [0.1, 0.15) is 0 Å². The highest BCUT2D eigenvalue weighted by molar-refractivity contribution is 5.89. The zero-order chi connectivity index (χ0) is 12.3. The van der Waals surface area contributed by atoms with Crippen LogP contribution in [0.1, 0.15) is 6.42 Å². The molecule has 0 aromatic heterocycles. The number of fused-ring (bicyclic) bond motifs is 1. The van der Waals surface area contributed by atoms with Gasteiger partial charge < -0.3 is 19.7 Å². The number of nitrogens with one attached hydrogen (secondary N) is 1. The normalized spacial score (nSPS) is 13.8. The Balaban J connectivity index is 2.15. The zero-order valence-corrected chi connectivity index (χ0v) is 10.0. The van der Waals surface area contributed by atoms with E-state index in [1.165, 1.54) is 4.90 Å². The molecule has 0 unspecified atom stereocenters. The first-order chi connectivity index (χ1) is 8.16. The Morgan fingerprint density at radius 2 is 1.94 bits per heavy atom. The third-order valence-corrected chi connectivity index (χ3v) is 2.40. The van der Waals surface area contributed by atoms with Gasteiger partial charge in [-0.3, -0.25) is 0 Å². The predicted octanol–water partition coefficient (Wildman–Crippen LogP) is 1.94. The number of amides is 2. The third kappa shape index (κ3) is 2.81. The molecule has 17 heavy (non-hydrogen) atoms. The minimum absolute atomic E-state index is 0.167. The van der Waals surface area contributed by atoms with Crippen molar-refractivity contribution in [3.8, 4) is 11.5 Å². The van der Waals surface area contributed by atoms with E-state index in [1.54, 1.807) is 26.2 Å². The molecule has 5 nitrogen and oxygen atoms in total. The number of anilines is 1. The summed E-state index contributed by atoms with van der Waals surface area (Å²) in [6, 6.07) is 5.22. The summed E-state index contributed by atoms with van der Waals surface area (Å²) in [5.74, 6) is 1.41. The third-order valence-electron chi connectivity index (χ3n) is 2.40. The number of benzene rings is 1. The van der Waals surface area contributed by atoms with Crippen molar-refractivity contribution in [2.75, 3.05) is 32.6 Å². The van der Waals surface area contributed by atoms with Crippen LogP contribution in [-0.4, -0.2) is 38.2 Å². The van der Waals surface area contributed by atoms with E-state index < -0.39 is 0 Å². The van der Waals surface area contributed by atoms with Crippen molar-refractivity contribution >= 4 is 11.7 Å². The molecule has 1 heterocycles. The summed E-state index contributed by atoms with van der Waals surface area (Å²) in [5.41, 5.74) is 0.702. The molecule has 1 aliphatic heterocycles. The number of carbonyl (C=O) groups is 1. The van der Waals surface area contributed by atoms with Crippen molar-refractivity contribution in [3.63, 3.8) is 0 Å². The number of hydrogen-bond acceptors (Lipinski definition) is 3. The number of urea groups is 1. The molecule has 2 rings (SSSR count). The Hall–Kier alpha value is -1.91. The molecular formula is C12H16N2O3. The Morgan fingerprint density at radius 3 is 2.65 bits per heavy atom. The van der Waals surface area contributed by atoms with Crippen LogP contribution >= 0.6 is 0 Å². The summed E-state index contributed by atoms with van der Waals surface area (Å²) in [6.45, 7) is 1.30. The van der Waals surface area contributed by atoms with Gasteiger partial charge in [0.25, 0.3) is 0 Å². The first-order valence-corrected chi connectivity index (χ1v) is 5.55. The van der Waals surface area contributed by atoms with E-state index in [1.807, 2.05) is 6.07 Å². The maximum absolute atomic E-state index is 11.5. The molecule has 1 aliphatic rings. The Bertz CT molecular complexity index is 418. The fraction of sp³-hybridized carbons (Fsp3) is 0.417. The van der Waals surface area contributed by atoms with E-state index in [2.05, 4.69) is 5.32 Å². The summed E-state index contributed by atoms with van der Waals surface area (Å²) in [5, 5.41) is 2.76. The lowest BCUT2D eigenvalue weighted by Gasteiger charge is -2.13. The number of hydrogen-bond donors (Lipinski definition) is 1. The van der Waals surface area contributed by atoms with Crippen LogP contribution in [0.4, 0.5) is 10.5 Å². The fourth-order valence-electron chi connectivity index (χ4n) is 1.48. The van der Waals surface area contributed by atoms with Gasteiger partial charge in [-0.15, -0.1) is 0 Å². The number of ether oxygens (including phenoxy) is 2. The molecule has 0 aliphatic carbocycles. The zero-order valence-electron chi connectivity index (χ0n) is 10.0. The van der Waals surface area contributed by atoms with E-state index in [-0.39, 0.29) is 6.03 Å². The predicted molar refractivity (Wildman–Crippen MR) is 64.8 cm³/mol. The van der Waals surface area contributed by atoms with Gasteiger partial charge in [0.05, 0.1) is 13.2 Å². The lowest BCUT2D eigenvalue weighted by Crippen LogP contribution is -2.27. The standard InChI is InChI=1S/C12H16N2O3/c1-14(2)12(15)13-9-4-5-10-11(8-9)17-7-3-6-16-10/h4-5,8H,3,6-7H2,1-2H3,(H,13,15). The van der Waals surface area contributed by atoms with E-state index in [9.17, 15) is 4.79 Å². The van der Waals surface area contributed by atoms with Gasteiger partial charge in [-0.1, -0.05) is 0 Å². The lowest BCUT2D eigenvalue weighted by atomic mass is 10.3. The van der Waals surface area contributed by atoms with Gasteiger partial charge >= 0.3 is 6.03 Å². The van der Waals surface area contributed by atoms with E-state index in [4.69, 9.17) is 9.47 Å². The number of nitrogens with zero attached hydrogens (tertiary/aromatic N) is 1. The largest absolute Gasteiger partial charge is 0.490 e. The van der Waals surface area contributed by atoms with Crippen molar-refractivity contribution in [2.45, 2.75) is 6.42 Å². The minimum Gasteiger partial charge on any atom is -0.490 e. The van der Waals surface area contributed by atoms with Gasteiger partial charge in [0.2, 0.25) is 0 Å². The molecule has 1 N–H and O–H groups in total. The molecular weight excluding hydrogens is 220 g/mol. The smallest absolute Gasteiger partial charge is 0.321 e. The molecule has 0 atom stereocenters. The monoisotopic (exact) mass is 236 g/mol. The Labute approximate surface area is 100 Å². The van der Waals surface area contributed by atoms with Crippen molar-refractivity contribution in [1.29, 1.82) is 0 Å². The van der Waals surface area contributed by atoms with Crippen LogP contribution in [0.25, 0.3) is 0 Å². The quantitative estimate of drug-likeness (QED) is 0.810. The molecule has 0 fully saturated rings. The van der Waals surface area contributed by atoms with Crippen LogP contribution in [0.3, 0.4) is 0 Å². The molecule has 0 bridgehead atoms. The van der Waals surface area contributed by atoms with E-state index in [0.717, 1.165) is 12.2 Å². The van der Waals surface area contributed by atoms with Crippen LogP contribution in [0, 0.1) is 0 Å². The summed E-state index contributed by atoms with van der Waals surface area (Å²) < 4.78 is 11.0. The van der Waals surface area contributed by atoms with Crippen LogP contribution in [0.2, 0.25) is 0 Å². The highest BCUT2D eigenvalue weighted by Gasteiger charge is 2.12. The average molecular weight is 236 g/mol. The second-order valence-electron chi connectivity index (χ2n) is 4.04. The first-order valence-electron chi connectivity index (χ1n) is 5.55. The number of rotatable bonds is 1. The van der Waals surface area contributed by atoms with Crippen molar-refractivity contribution < 1.29 is 14.3 Å². The Kier molecular flexibility index (Phi) is 3.37. The number of carbonyl (C=O) groups excluding carboxylic acids is 1. The molecule has 1 aromatic rings. The van der Waals surface area contributed by atoms with Gasteiger partial charge in [-0.05, 0) is 12.1 Å². The minimum atomic E-state index is -0.167. The van der Waals surface area contributed by atoms with Crippen molar-refractivity contribution in [2.24, 2.45) is 0 Å². The molecule has 0 radical (unpaired) electrons. The molecule has 0 saturated heterocycles. The second kappa shape index (κ2) is 4.95. The fourth-order valence-corrected chi connectivity index (χ4v) is 1.48. The van der Waals surface area contributed by atoms with Gasteiger partial charge in [-0.25, -0.2) is 4.79 Å². The topological polar surface area (TPSA) is 50.8 Å². The average Bonchev–Trinajstić information content (AvgIpc) is 2.53. The molecule has 0 spiro atoms. The molecule has 92 valence electrons. The SMILES string of the molecule is CN(C)C(=O)Nc1ccc2c(c1)OCCCO2. The highest BCUT2D eigenvalue weighted by Crippen LogP contribution is 2.32.